The summed E-state index contributed by atoms with van der Waals surface area (Å²) in [5.41, 5.74) is 0.559. The van der Waals surface area contributed by atoms with E-state index in [4.69, 9.17) is 0 Å². The van der Waals surface area contributed by atoms with Gasteiger partial charge in [-0.2, -0.15) is 0 Å². The van der Waals surface area contributed by atoms with E-state index in [2.05, 4.69) is 37.3 Å². The Balaban J connectivity index is 1.88. The van der Waals surface area contributed by atoms with E-state index in [-0.39, 0.29) is 0 Å². The summed E-state index contributed by atoms with van der Waals surface area (Å²) in [7, 11) is 0. The molecule has 84 valence electrons. The highest BCUT2D eigenvalue weighted by Crippen LogP contribution is 2.48. The van der Waals surface area contributed by atoms with Crippen LogP contribution in [0.3, 0.4) is 0 Å². The normalized spacial score (nSPS) is 18.4. The van der Waals surface area contributed by atoms with Crippen molar-refractivity contribution in [2.24, 2.45) is 5.41 Å². The quantitative estimate of drug-likeness (QED) is 0.832. The molecule has 1 aliphatic carbocycles. The van der Waals surface area contributed by atoms with Crippen molar-refractivity contribution < 1.29 is 0 Å². The van der Waals surface area contributed by atoms with Crippen LogP contribution in [0, 0.1) is 12.3 Å². The molecular weight excluding hydrogens is 204 g/mol. The van der Waals surface area contributed by atoms with E-state index < -0.39 is 0 Å². The summed E-state index contributed by atoms with van der Waals surface area (Å²) in [6.07, 6.45) is 6.03. The Kier molecular flexibility index (Phi) is 3.12. The average molecular weight is 224 g/mol. The number of nitrogens with zero attached hydrogens (tertiary/aromatic N) is 1. The van der Waals surface area contributed by atoms with Gasteiger partial charge >= 0.3 is 0 Å². The van der Waals surface area contributed by atoms with Crippen LogP contribution in [-0.2, 0) is 6.42 Å². The van der Waals surface area contributed by atoms with Crippen LogP contribution in [0.4, 0.5) is 0 Å². The minimum absolute atomic E-state index is 0.559. The number of aromatic nitrogens is 1. The second-order valence-corrected chi connectivity index (χ2v) is 6.38. The predicted molar refractivity (Wildman–Crippen MR) is 65.4 cm³/mol. The van der Waals surface area contributed by atoms with Crippen molar-refractivity contribution >= 4 is 11.3 Å². The lowest BCUT2D eigenvalue weighted by molar-refractivity contribution is 0.431. The number of nitrogens with one attached hydrogen (secondary N) is 1. The minimum atomic E-state index is 0.559. The lowest BCUT2D eigenvalue weighted by Crippen LogP contribution is -2.30. The van der Waals surface area contributed by atoms with Crippen LogP contribution >= 0.6 is 11.3 Å². The van der Waals surface area contributed by atoms with Crippen LogP contribution in [0.5, 0.6) is 0 Å². The minimum Gasteiger partial charge on any atom is -0.314 e. The summed E-state index contributed by atoms with van der Waals surface area (Å²) in [6.45, 7) is 7.68. The molecule has 0 spiro atoms. The summed E-state index contributed by atoms with van der Waals surface area (Å²) < 4.78 is 0. The maximum absolute atomic E-state index is 4.32. The average Bonchev–Trinajstić information content (AvgIpc) is 2.81. The molecular formula is C12H20N2S. The van der Waals surface area contributed by atoms with E-state index in [9.17, 15) is 0 Å². The lowest BCUT2D eigenvalue weighted by Gasteiger charge is -2.16. The molecule has 15 heavy (non-hydrogen) atoms. The molecule has 2 nitrogen and oxygen atoms in total. The number of rotatable bonds is 5. The fourth-order valence-corrected chi connectivity index (χ4v) is 2.84. The molecule has 1 saturated carbocycles. The first-order valence-electron chi connectivity index (χ1n) is 5.74. The largest absolute Gasteiger partial charge is 0.314 e. The van der Waals surface area contributed by atoms with Gasteiger partial charge in [-0.1, -0.05) is 13.8 Å². The van der Waals surface area contributed by atoms with Crippen LogP contribution in [0.2, 0.25) is 0 Å². The number of aryl methyl sites for hydroxylation is 1. The molecule has 0 radical (unpaired) electrons. The van der Waals surface area contributed by atoms with E-state index in [1.807, 2.05) is 11.3 Å². The van der Waals surface area contributed by atoms with Gasteiger partial charge in [0.1, 0.15) is 0 Å². The van der Waals surface area contributed by atoms with Crippen LogP contribution in [0.1, 0.15) is 36.6 Å². The third-order valence-electron chi connectivity index (χ3n) is 3.06. The van der Waals surface area contributed by atoms with Crippen LogP contribution in [-0.4, -0.2) is 17.6 Å². The van der Waals surface area contributed by atoms with Gasteiger partial charge in [0.15, 0.2) is 0 Å². The second kappa shape index (κ2) is 4.22. The van der Waals surface area contributed by atoms with Crippen LogP contribution in [0.15, 0.2) is 6.20 Å². The first-order valence-corrected chi connectivity index (χ1v) is 6.56. The van der Waals surface area contributed by atoms with Gasteiger partial charge in [-0.05, 0) is 31.6 Å². The van der Waals surface area contributed by atoms with Gasteiger partial charge in [-0.3, -0.25) is 0 Å². The molecule has 1 aromatic heterocycles. The van der Waals surface area contributed by atoms with Gasteiger partial charge in [-0.25, -0.2) is 4.98 Å². The molecule has 0 saturated heterocycles. The zero-order chi connectivity index (χ0) is 10.9. The maximum atomic E-state index is 4.32. The van der Waals surface area contributed by atoms with E-state index >= 15 is 0 Å². The molecule has 1 aliphatic rings. The Labute approximate surface area is 96.1 Å². The van der Waals surface area contributed by atoms with Crippen molar-refractivity contribution in [3.63, 3.8) is 0 Å². The molecule has 1 fully saturated rings. The Morgan fingerprint density at radius 1 is 1.53 bits per heavy atom. The predicted octanol–water partition coefficient (Wildman–Crippen LogP) is 2.77. The van der Waals surface area contributed by atoms with E-state index in [1.165, 1.54) is 35.7 Å². The first kappa shape index (κ1) is 11.1. The summed E-state index contributed by atoms with van der Waals surface area (Å²) in [5.74, 6) is 0. The molecule has 1 heterocycles. The van der Waals surface area contributed by atoms with E-state index in [0.29, 0.717) is 11.5 Å². The molecule has 0 amide bonds. The van der Waals surface area contributed by atoms with Crippen LogP contribution < -0.4 is 5.32 Å². The topological polar surface area (TPSA) is 24.9 Å². The highest BCUT2D eigenvalue weighted by Gasteiger charge is 2.42. The fourth-order valence-electron chi connectivity index (χ4n) is 1.87. The molecule has 0 aromatic carbocycles. The van der Waals surface area contributed by atoms with Crippen molar-refractivity contribution in [3.8, 4) is 0 Å². The third kappa shape index (κ3) is 3.02. The summed E-state index contributed by atoms with van der Waals surface area (Å²) in [6, 6.07) is 0.602. The fraction of sp³-hybridized carbons (Fsp3) is 0.750. The zero-order valence-corrected chi connectivity index (χ0v) is 10.7. The summed E-state index contributed by atoms with van der Waals surface area (Å²) in [4.78, 5) is 5.78. The molecule has 0 aliphatic heterocycles. The number of hydrogen-bond acceptors (Lipinski definition) is 3. The molecule has 1 N–H and O–H groups in total. The summed E-state index contributed by atoms with van der Waals surface area (Å²) in [5, 5.41) is 4.75. The van der Waals surface area contributed by atoms with Gasteiger partial charge < -0.3 is 5.32 Å². The zero-order valence-electron chi connectivity index (χ0n) is 9.84. The van der Waals surface area contributed by atoms with Gasteiger partial charge in [0, 0.05) is 23.7 Å². The molecule has 3 heteroatoms. The highest BCUT2D eigenvalue weighted by molar-refractivity contribution is 7.11. The van der Waals surface area contributed by atoms with E-state index in [1.54, 1.807) is 0 Å². The Bertz CT molecular complexity index is 326. The molecule has 0 atom stereocenters. The van der Waals surface area contributed by atoms with E-state index in [0.717, 1.165) is 0 Å². The second-order valence-electron chi connectivity index (χ2n) is 5.06. The van der Waals surface area contributed by atoms with Crippen molar-refractivity contribution in [3.05, 3.63) is 16.1 Å². The monoisotopic (exact) mass is 224 g/mol. The molecule has 0 bridgehead atoms. The van der Waals surface area contributed by atoms with Gasteiger partial charge in [0.05, 0.1) is 5.01 Å². The third-order valence-corrected chi connectivity index (χ3v) is 3.97. The van der Waals surface area contributed by atoms with Gasteiger partial charge in [0.2, 0.25) is 0 Å². The standard InChI is InChI=1S/C12H20N2S/c1-9(2)14-8-12(4-5-12)6-11-7-13-10(3)15-11/h7,9,14H,4-6,8H2,1-3H3. The van der Waals surface area contributed by atoms with Crippen molar-refractivity contribution in [1.82, 2.24) is 10.3 Å². The Morgan fingerprint density at radius 3 is 2.73 bits per heavy atom. The smallest absolute Gasteiger partial charge is 0.0896 e. The maximum Gasteiger partial charge on any atom is 0.0896 e. The van der Waals surface area contributed by atoms with Crippen molar-refractivity contribution in [2.45, 2.75) is 46.1 Å². The molecule has 0 unspecified atom stereocenters. The number of thiazole rings is 1. The Hall–Kier alpha value is -0.410. The molecule has 1 aromatic rings. The SMILES string of the molecule is Cc1ncc(CC2(CNC(C)C)CC2)s1. The van der Waals surface area contributed by atoms with Crippen LogP contribution in [0.25, 0.3) is 0 Å². The van der Waals surface area contributed by atoms with Crippen molar-refractivity contribution in [2.75, 3.05) is 6.54 Å². The molecule has 2 rings (SSSR count). The lowest BCUT2D eigenvalue weighted by atomic mass is 10.0. The van der Waals surface area contributed by atoms with Gasteiger partial charge in [0.25, 0.3) is 0 Å². The number of hydrogen-bond donors (Lipinski definition) is 1. The summed E-state index contributed by atoms with van der Waals surface area (Å²) >= 11 is 1.85. The Morgan fingerprint density at radius 2 is 2.27 bits per heavy atom. The first-order chi connectivity index (χ1) is 7.10. The van der Waals surface area contributed by atoms with Gasteiger partial charge in [-0.15, -0.1) is 11.3 Å². The van der Waals surface area contributed by atoms with Crippen molar-refractivity contribution in [1.29, 1.82) is 0 Å². The highest BCUT2D eigenvalue weighted by atomic mass is 32.1.